The zero-order chi connectivity index (χ0) is 22.7. The van der Waals surface area contributed by atoms with E-state index in [2.05, 4.69) is 30.3 Å². The van der Waals surface area contributed by atoms with E-state index in [4.69, 9.17) is 11.6 Å². The van der Waals surface area contributed by atoms with Gasteiger partial charge in [0.15, 0.2) is 5.82 Å². The minimum Gasteiger partial charge on any atom is -0.345 e. The predicted molar refractivity (Wildman–Crippen MR) is 121 cm³/mol. The molecule has 0 aliphatic heterocycles. The summed E-state index contributed by atoms with van der Waals surface area (Å²) in [5.41, 5.74) is 1.90. The number of halogens is 1. The van der Waals surface area contributed by atoms with Crippen LogP contribution in [-0.4, -0.2) is 45.5 Å². The molecule has 2 N–H and O–H groups in total. The van der Waals surface area contributed by atoms with E-state index >= 15 is 0 Å². The highest BCUT2D eigenvalue weighted by Gasteiger charge is 2.14. The van der Waals surface area contributed by atoms with Crippen molar-refractivity contribution in [3.8, 4) is 16.4 Å². The number of hydrogen-bond acceptors (Lipinski definition) is 8. The molecule has 32 heavy (non-hydrogen) atoms. The fraction of sp³-hybridized carbons (Fsp3) is 0.105. The van der Waals surface area contributed by atoms with Crippen LogP contribution < -0.4 is 10.0 Å². The van der Waals surface area contributed by atoms with Gasteiger partial charge in [0.25, 0.3) is 5.91 Å². The van der Waals surface area contributed by atoms with Crippen LogP contribution in [-0.2, 0) is 16.6 Å². The molecule has 0 unspecified atom stereocenters. The topological polar surface area (TPSA) is 132 Å². The molecule has 0 bridgehead atoms. The van der Waals surface area contributed by atoms with Gasteiger partial charge in [-0.15, -0.1) is 16.4 Å². The van der Waals surface area contributed by atoms with Gasteiger partial charge in [0.1, 0.15) is 16.4 Å². The first kappa shape index (κ1) is 21.9. The Bertz CT molecular complexity index is 1380. The van der Waals surface area contributed by atoms with E-state index in [1.165, 1.54) is 16.0 Å². The van der Waals surface area contributed by atoms with Gasteiger partial charge in [-0.1, -0.05) is 28.9 Å². The molecule has 4 aromatic rings. The summed E-state index contributed by atoms with van der Waals surface area (Å²) in [6, 6.07) is 10.1. The molecule has 164 valence electrons. The lowest BCUT2D eigenvalue weighted by Crippen LogP contribution is -2.23. The van der Waals surface area contributed by atoms with Gasteiger partial charge in [0.05, 0.1) is 19.0 Å². The van der Waals surface area contributed by atoms with Crippen molar-refractivity contribution in [2.45, 2.75) is 6.54 Å². The molecule has 0 aliphatic rings. The van der Waals surface area contributed by atoms with Crippen LogP contribution >= 0.6 is 22.9 Å². The normalized spacial score (nSPS) is 11.3. The summed E-state index contributed by atoms with van der Waals surface area (Å²) in [6.07, 6.45) is 4.29. The molecule has 3 aromatic heterocycles. The molecular weight excluding hydrogens is 474 g/mol. The molecule has 10 nitrogen and oxygen atoms in total. The zero-order valence-electron chi connectivity index (χ0n) is 16.6. The van der Waals surface area contributed by atoms with E-state index in [0.717, 1.165) is 6.26 Å². The number of nitrogens with one attached hydrogen (secondary N) is 2. The summed E-state index contributed by atoms with van der Waals surface area (Å²) in [5.74, 6) is 0.146. The van der Waals surface area contributed by atoms with Crippen LogP contribution in [0.25, 0.3) is 16.4 Å². The van der Waals surface area contributed by atoms with Gasteiger partial charge in [-0.2, -0.15) is 0 Å². The quantitative estimate of drug-likeness (QED) is 0.408. The van der Waals surface area contributed by atoms with Crippen LogP contribution in [0.4, 0.5) is 5.69 Å². The van der Waals surface area contributed by atoms with Gasteiger partial charge in [-0.25, -0.2) is 23.1 Å². The Morgan fingerprint density at radius 1 is 1.25 bits per heavy atom. The first-order chi connectivity index (χ1) is 15.3. The van der Waals surface area contributed by atoms with Gasteiger partial charge in [-0.05, 0) is 18.2 Å². The average molecular weight is 490 g/mol. The van der Waals surface area contributed by atoms with Crippen molar-refractivity contribution >= 4 is 44.6 Å². The van der Waals surface area contributed by atoms with Crippen molar-refractivity contribution < 1.29 is 13.2 Å². The van der Waals surface area contributed by atoms with Crippen molar-refractivity contribution in [1.29, 1.82) is 0 Å². The van der Waals surface area contributed by atoms with Crippen LogP contribution in [0.5, 0.6) is 0 Å². The molecular formula is C19H16ClN7O3S2. The molecule has 0 radical (unpaired) electrons. The smallest absolute Gasteiger partial charge is 0.271 e. The van der Waals surface area contributed by atoms with Crippen molar-refractivity contribution in [2.75, 3.05) is 11.0 Å². The number of thiazole rings is 1. The number of carbonyl (C=O) groups excluding carboxylic acids is 1. The van der Waals surface area contributed by atoms with Crippen molar-refractivity contribution in [1.82, 2.24) is 30.3 Å². The second-order valence-electron chi connectivity index (χ2n) is 6.66. The Morgan fingerprint density at radius 3 is 2.88 bits per heavy atom. The third kappa shape index (κ3) is 5.46. The summed E-state index contributed by atoms with van der Waals surface area (Å²) < 4.78 is 26.7. The Labute approximate surface area is 192 Å². The van der Waals surface area contributed by atoms with Gasteiger partial charge in [-0.3, -0.25) is 9.52 Å². The molecule has 1 amide bonds. The lowest BCUT2D eigenvalue weighted by atomic mass is 10.2. The number of nitrogens with zero attached hydrogens (tertiary/aromatic N) is 5. The fourth-order valence-corrected chi connectivity index (χ4v) is 4.22. The van der Waals surface area contributed by atoms with Crippen LogP contribution in [0.1, 0.15) is 16.2 Å². The van der Waals surface area contributed by atoms with E-state index in [0.29, 0.717) is 32.8 Å². The molecule has 0 aliphatic carbocycles. The molecule has 0 spiro atoms. The highest BCUT2D eigenvalue weighted by molar-refractivity contribution is 7.92. The van der Waals surface area contributed by atoms with Gasteiger partial charge < -0.3 is 5.32 Å². The number of benzene rings is 1. The first-order valence-electron chi connectivity index (χ1n) is 9.12. The number of aromatic nitrogens is 5. The highest BCUT2D eigenvalue weighted by atomic mass is 35.5. The Hall–Kier alpha value is -3.35. The summed E-state index contributed by atoms with van der Waals surface area (Å²) in [6.45, 7) is 0.153. The van der Waals surface area contributed by atoms with Gasteiger partial charge >= 0.3 is 0 Å². The maximum Gasteiger partial charge on any atom is 0.271 e. The van der Waals surface area contributed by atoms with Gasteiger partial charge in [0, 0.05) is 33.9 Å². The molecule has 0 saturated carbocycles. The summed E-state index contributed by atoms with van der Waals surface area (Å²) in [7, 11) is -3.39. The van der Waals surface area contributed by atoms with Crippen molar-refractivity contribution in [2.24, 2.45) is 0 Å². The minimum atomic E-state index is -3.39. The molecule has 0 fully saturated rings. The largest absolute Gasteiger partial charge is 0.345 e. The van der Waals surface area contributed by atoms with E-state index < -0.39 is 10.0 Å². The summed E-state index contributed by atoms with van der Waals surface area (Å²) >= 11 is 7.24. The third-order valence-electron chi connectivity index (χ3n) is 4.06. The first-order valence-corrected chi connectivity index (χ1v) is 12.3. The van der Waals surface area contributed by atoms with E-state index in [1.807, 2.05) is 0 Å². The second kappa shape index (κ2) is 9.02. The molecule has 0 saturated heterocycles. The molecule has 3 heterocycles. The molecule has 13 heteroatoms. The molecule has 4 rings (SSSR count). The summed E-state index contributed by atoms with van der Waals surface area (Å²) in [5, 5.41) is 13.5. The fourth-order valence-electron chi connectivity index (χ4n) is 2.71. The Balaban J connectivity index is 1.41. The highest BCUT2D eigenvalue weighted by Crippen LogP contribution is 2.26. The number of carbonyl (C=O) groups is 1. The predicted octanol–water partition coefficient (Wildman–Crippen LogP) is 2.74. The number of sulfonamides is 1. The number of pyridine rings is 1. The number of hydrogen-bond donors (Lipinski definition) is 2. The SMILES string of the molecule is CS(=O)(=O)Nc1cccc(-c2nc(C(=O)NCc3cn(-c4cc(Cl)ccn4)nn3)cs2)c1. The summed E-state index contributed by atoms with van der Waals surface area (Å²) in [4.78, 5) is 21.0. The minimum absolute atomic E-state index is 0.153. The van der Waals surface area contributed by atoms with Crippen molar-refractivity contribution in [3.05, 3.63) is 70.6 Å². The average Bonchev–Trinajstić information content (AvgIpc) is 3.41. The maximum atomic E-state index is 12.5. The van der Waals surface area contributed by atoms with Crippen LogP contribution in [0.3, 0.4) is 0 Å². The van der Waals surface area contributed by atoms with Crippen molar-refractivity contribution in [3.63, 3.8) is 0 Å². The number of anilines is 1. The molecule has 1 aromatic carbocycles. The zero-order valence-corrected chi connectivity index (χ0v) is 18.9. The lowest BCUT2D eigenvalue weighted by molar-refractivity contribution is 0.0946. The van der Waals surface area contributed by atoms with E-state index in [9.17, 15) is 13.2 Å². The van der Waals surface area contributed by atoms with Crippen LogP contribution in [0.15, 0.2) is 54.2 Å². The second-order valence-corrected chi connectivity index (χ2v) is 9.71. The number of rotatable bonds is 7. The van der Waals surface area contributed by atoms with Gasteiger partial charge in [0.2, 0.25) is 10.0 Å². The lowest BCUT2D eigenvalue weighted by Gasteiger charge is -2.05. The third-order valence-corrected chi connectivity index (χ3v) is 5.80. The van der Waals surface area contributed by atoms with Crippen LogP contribution in [0, 0.1) is 0 Å². The maximum absolute atomic E-state index is 12.5. The number of amides is 1. The Morgan fingerprint density at radius 2 is 2.09 bits per heavy atom. The van der Waals surface area contributed by atoms with E-state index in [-0.39, 0.29) is 18.1 Å². The van der Waals surface area contributed by atoms with E-state index in [1.54, 1.807) is 54.2 Å². The Kier molecular flexibility index (Phi) is 6.17. The standard InChI is InChI=1S/C19H16ClN7O3S2/c1-32(29,30)25-14-4-2-3-12(7-14)19-23-16(11-31-19)18(28)22-9-15-10-27(26-24-15)17-8-13(20)5-6-21-17/h2-8,10-11,25H,9H2,1H3,(H,22,28). The molecule has 0 atom stereocenters. The van der Waals surface area contributed by atoms with Crippen LogP contribution in [0.2, 0.25) is 5.02 Å². The monoisotopic (exact) mass is 489 g/mol.